The van der Waals surface area contributed by atoms with Crippen LogP contribution < -0.4 is 20.7 Å². The Bertz CT molecular complexity index is 667. The van der Waals surface area contributed by atoms with Gasteiger partial charge in [-0.15, -0.1) is 0 Å². The highest BCUT2D eigenvalue weighted by Gasteiger charge is 2.26. The number of aliphatic imine (C=N–C) groups is 2. The number of methoxy groups -OCH3 is 1. The molecule has 6 nitrogen and oxygen atoms in total. The van der Waals surface area contributed by atoms with Gasteiger partial charge in [0.2, 0.25) is 0 Å². The van der Waals surface area contributed by atoms with Crippen molar-refractivity contribution < 1.29 is 4.74 Å². The number of nitrogens with one attached hydrogen (secondary N) is 3. The Hall–Kier alpha value is -2.24. The molecule has 1 aliphatic rings. The molecule has 3 N–H and O–H groups in total. The first kappa shape index (κ1) is 24.0. The Morgan fingerprint density at radius 1 is 0.800 bits per heavy atom. The molecule has 0 amide bonds. The van der Waals surface area contributed by atoms with Crippen LogP contribution in [0.25, 0.3) is 0 Å². The number of nitrogens with zero attached hydrogens (tertiary/aromatic N) is 2. The zero-order chi connectivity index (χ0) is 21.7. The highest BCUT2D eigenvalue weighted by atomic mass is 16.5. The summed E-state index contributed by atoms with van der Waals surface area (Å²) in [6.07, 6.45) is 11.9. The fourth-order valence-corrected chi connectivity index (χ4v) is 3.47. The summed E-state index contributed by atoms with van der Waals surface area (Å²) < 4.78 is 5.21. The molecule has 1 aliphatic heterocycles. The van der Waals surface area contributed by atoms with Gasteiger partial charge in [-0.25, -0.2) is 4.99 Å². The maximum atomic E-state index is 5.21. The Morgan fingerprint density at radius 2 is 1.37 bits per heavy atom. The predicted molar refractivity (Wildman–Crippen MR) is 127 cm³/mol. The zero-order valence-corrected chi connectivity index (χ0v) is 19.4. The molecule has 1 saturated heterocycles. The van der Waals surface area contributed by atoms with Crippen LogP contribution in [0.5, 0.6) is 5.75 Å². The normalized spacial score (nSPS) is 18.0. The van der Waals surface area contributed by atoms with Gasteiger partial charge in [0, 0.05) is 6.54 Å². The van der Waals surface area contributed by atoms with Gasteiger partial charge < -0.3 is 15.4 Å². The number of benzene rings is 1. The lowest BCUT2D eigenvalue weighted by molar-refractivity contribution is 0.403. The van der Waals surface area contributed by atoms with Crippen molar-refractivity contribution >= 4 is 11.9 Å². The summed E-state index contributed by atoms with van der Waals surface area (Å²) in [6, 6.07) is 7.99. The molecule has 30 heavy (non-hydrogen) atoms. The molecule has 0 saturated carbocycles. The number of ether oxygens (including phenoxy) is 1. The summed E-state index contributed by atoms with van der Waals surface area (Å²) in [5, 5.41) is 10.1. The Kier molecular flexibility index (Phi) is 10.5. The molecule has 0 bridgehead atoms. The highest BCUT2D eigenvalue weighted by Crippen LogP contribution is 2.12. The van der Waals surface area contributed by atoms with Crippen LogP contribution in [-0.2, 0) is 6.54 Å². The minimum atomic E-state index is -0.290. The second-order valence-corrected chi connectivity index (χ2v) is 8.57. The SMILES string of the molecule is CCCCCCCCCCCN=C1NC(=NCc2ccc(OC)cc2)NC(C)(C)N1. The molecule has 168 valence electrons. The maximum Gasteiger partial charge on any atom is 0.200 e. The van der Waals surface area contributed by atoms with E-state index in [1.807, 2.05) is 24.3 Å². The van der Waals surface area contributed by atoms with Crippen molar-refractivity contribution in [3.05, 3.63) is 29.8 Å². The van der Waals surface area contributed by atoms with Crippen molar-refractivity contribution in [1.29, 1.82) is 0 Å². The first-order valence-corrected chi connectivity index (χ1v) is 11.6. The number of rotatable bonds is 13. The Labute approximate surface area is 183 Å². The van der Waals surface area contributed by atoms with Crippen molar-refractivity contribution in [2.24, 2.45) is 9.98 Å². The minimum Gasteiger partial charge on any atom is -0.497 e. The summed E-state index contributed by atoms with van der Waals surface area (Å²) in [6.45, 7) is 7.88. The third-order valence-corrected chi connectivity index (χ3v) is 5.21. The Balaban J connectivity index is 1.73. The van der Waals surface area contributed by atoms with E-state index in [1.165, 1.54) is 51.4 Å². The summed E-state index contributed by atoms with van der Waals surface area (Å²) in [5.74, 6) is 2.41. The van der Waals surface area contributed by atoms with Crippen molar-refractivity contribution in [3.63, 3.8) is 0 Å². The number of hydrogen-bond donors (Lipinski definition) is 3. The lowest BCUT2D eigenvalue weighted by Gasteiger charge is -2.36. The average molecular weight is 416 g/mol. The van der Waals surface area contributed by atoms with Crippen molar-refractivity contribution in [3.8, 4) is 5.75 Å². The quantitative estimate of drug-likeness (QED) is 0.398. The van der Waals surface area contributed by atoms with Crippen molar-refractivity contribution in [2.75, 3.05) is 13.7 Å². The molecule has 1 aromatic carbocycles. The average Bonchev–Trinajstić information content (AvgIpc) is 2.73. The first-order valence-electron chi connectivity index (χ1n) is 11.6. The molecule has 0 aromatic heterocycles. The van der Waals surface area contributed by atoms with Gasteiger partial charge in [0.25, 0.3) is 0 Å². The van der Waals surface area contributed by atoms with E-state index in [9.17, 15) is 0 Å². The van der Waals surface area contributed by atoms with Crippen molar-refractivity contribution in [1.82, 2.24) is 16.0 Å². The van der Waals surface area contributed by atoms with E-state index < -0.39 is 0 Å². The second kappa shape index (κ2) is 13.1. The van der Waals surface area contributed by atoms with Gasteiger partial charge in [-0.3, -0.25) is 10.3 Å². The molecule has 0 atom stereocenters. The number of hydrogen-bond acceptors (Lipinski definition) is 3. The number of guanidine groups is 2. The molecule has 0 unspecified atom stereocenters. The van der Waals surface area contributed by atoms with E-state index in [-0.39, 0.29) is 5.66 Å². The van der Waals surface area contributed by atoms with Crippen LogP contribution in [0.3, 0.4) is 0 Å². The monoisotopic (exact) mass is 415 g/mol. The summed E-state index contributed by atoms with van der Waals surface area (Å²) in [4.78, 5) is 9.41. The standard InChI is InChI=1S/C24H41N5O/c1-5-6-7-8-9-10-11-12-13-18-25-22-27-23(29-24(2,3)28-22)26-19-20-14-16-21(30-4)17-15-20/h14-17H,5-13,18-19H2,1-4H3,(H3,25,26,27,28,29). The summed E-state index contributed by atoms with van der Waals surface area (Å²) in [7, 11) is 1.68. The van der Waals surface area contributed by atoms with Gasteiger partial charge in [0.05, 0.1) is 13.7 Å². The molecule has 0 spiro atoms. The Morgan fingerprint density at radius 3 is 1.97 bits per heavy atom. The fraction of sp³-hybridized carbons (Fsp3) is 0.667. The third kappa shape index (κ3) is 9.51. The van der Waals surface area contributed by atoms with Crippen LogP contribution in [0.15, 0.2) is 34.3 Å². The largest absolute Gasteiger partial charge is 0.497 e. The summed E-state index contributed by atoms with van der Waals surface area (Å²) >= 11 is 0. The molecule has 0 radical (unpaired) electrons. The van der Waals surface area contributed by atoms with Gasteiger partial charge in [0.15, 0.2) is 11.9 Å². The van der Waals surface area contributed by atoms with Gasteiger partial charge in [0.1, 0.15) is 11.4 Å². The summed E-state index contributed by atoms with van der Waals surface area (Å²) in [5.41, 5.74) is 0.845. The van der Waals surface area contributed by atoms with Gasteiger partial charge in [-0.05, 0) is 38.0 Å². The van der Waals surface area contributed by atoms with E-state index in [0.717, 1.165) is 36.2 Å². The smallest absolute Gasteiger partial charge is 0.200 e. The molecule has 2 rings (SSSR count). The molecule has 1 fully saturated rings. The zero-order valence-electron chi connectivity index (χ0n) is 19.4. The van der Waals surface area contributed by atoms with Crippen LogP contribution in [0.2, 0.25) is 0 Å². The van der Waals surface area contributed by atoms with Crippen LogP contribution in [0.4, 0.5) is 0 Å². The van der Waals surface area contributed by atoms with E-state index >= 15 is 0 Å². The molecular formula is C24H41N5O. The van der Waals surface area contributed by atoms with Gasteiger partial charge in [-0.1, -0.05) is 70.4 Å². The molecule has 1 heterocycles. The van der Waals surface area contributed by atoms with Crippen molar-refractivity contribution in [2.45, 2.75) is 90.8 Å². The van der Waals surface area contributed by atoms with Crippen LogP contribution >= 0.6 is 0 Å². The van der Waals surface area contributed by atoms with Crippen LogP contribution in [0, 0.1) is 0 Å². The lowest BCUT2D eigenvalue weighted by atomic mass is 10.1. The fourth-order valence-electron chi connectivity index (χ4n) is 3.47. The third-order valence-electron chi connectivity index (χ3n) is 5.21. The topological polar surface area (TPSA) is 70.0 Å². The van der Waals surface area contributed by atoms with E-state index in [2.05, 4.69) is 41.7 Å². The van der Waals surface area contributed by atoms with Crippen LogP contribution in [-0.4, -0.2) is 31.2 Å². The van der Waals surface area contributed by atoms with E-state index in [4.69, 9.17) is 9.73 Å². The van der Waals surface area contributed by atoms with Gasteiger partial charge >= 0.3 is 0 Å². The number of unbranched alkanes of at least 4 members (excludes halogenated alkanes) is 8. The van der Waals surface area contributed by atoms with E-state index in [1.54, 1.807) is 7.11 Å². The van der Waals surface area contributed by atoms with Gasteiger partial charge in [-0.2, -0.15) is 0 Å². The van der Waals surface area contributed by atoms with E-state index in [0.29, 0.717) is 6.54 Å². The highest BCUT2D eigenvalue weighted by molar-refractivity contribution is 6.01. The maximum absolute atomic E-state index is 5.21. The predicted octanol–water partition coefficient (Wildman–Crippen LogP) is 4.96. The second-order valence-electron chi connectivity index (χ2n) is 8.57. The molecule has 0 aliphatic carbocycles. The molecular weight excluding hydrogens is 374 g/mol. The van der Waals surface area contributed by atoms with Crippen LogP contribution in [0.1, 0.15) is 84.1 Å². The first-order chi connectivity index (χ1) is 14.5. The lowest BCUT2D eigenvalue weighted by Crippen LogP contribution is -2.68. The molecule has 6 heteroatoms. The molecule has 1 aromatic rings. The minimum absolute atomic E-state index is 0.290.